The Hall–Kier alpha value is -1.22. The summed E-state index contributed by atoms with van der Waals surface area (Å²) in [4.78, 5) is 11.4. The number of hydrogen-bond acceptors (Lipinski definition) is 4. The third-order valence-corrected chi connectivity index (χ3v) is 5.21. The molecule has 6 atom stereocenters. The third kappa shape index (κ3) is 4.00. The number of rotatable bonds is 6. The van der Waals surface area contributed by atoms with Crippen LogP contribution in [0.5, 0.6) is 0 Å². The van der Waals surface area contributed by atoms with Gasteiger partial charge in [-0.05, 0) is 18.4 Å². The van der Waals surface area contributed by atoms with Gasteiger partial charge in [-0.25, -0.2) is 0 Å². The molecule has 1 N–H and O–H groups in total. The minimum atomic E-state index is -0.436. The highest BCUT2D eigenvalue weighted by atomic mass is 31.0. The molecule has 2 aliphatic rings. The van der Waals surface area contributed by atoms with E-state index in [0.717, 1.165) is 12.8 Å². The van der Waals surface area contributed by atoms with Crippen molar-refractivity contribution in [2.75, 3.05) is 0 Å². The summed E-state index contributed by atoms with van der Waals surface area (Å²) < 4.78 is 10.7. The Labute approximate surface area is 139 Å². The first kappa shape index (κ1) is 16.6. The molecule has 1 aliphatic carbocycles. The molecule has 124 valence electrons. The zero-order valence-corrected chi connectivity index (χ0v) is 14.2. The number of fused-ring (bicyclic) bond motifs is 1. The molecule has 0 spiro atoms. The summed E-state index contributed by atoms with van der Waals surface area (Å²) in [5.41, 5.74) is 1.28. The summed E-state index contributed by atoms with van der Waals surface area (Å²) in [5.74, 6) is -0.0629. The molecular weight excluding hydrogens is 311 g/mol. The Balaban J connectivity index is 1.57. The smallest absolute Gasteiger partial charge is 0.306 e. The van der Waals surface area contributed by atoms with Crippen LogP contribution >= 0.6 is 9.47 Å². The van der Waals surface area contributed by atoms with E-state index in [0.29, 0.717) is 12.8 Å². The van der Waals surface area contributed by atoms with Crippen LogP contribution < -0.4 is 0 Å². The second kappa shape index (κ2) is 7.57. The van der Waals surface area contributed by atoms with Crippen LogP contribution in [0, 0.1) is 11.8 Å². The predicted octanol–water partition coefficient (Wildman–Crippen LogP) is 2.66. The maximum atomic E-state index is 11.4. The van der Waals surface area contributed by atoms with Gasteiger partial charge in [0.05, 0.1) is 18.6 Å². The molecule has 1 aliphatic heterocycles. The molecule has 0 aromatic heterocycles. The van der Waals surface area contributed by atoms with E-state index in [1.165, 1.54) is 5.56 Å². The number of aliphatic hydroxyl groups is 1. The van der Waals surface area contributed by atoms with Gasteiger partial charge >= 0.3 is 5.97 Å². The van der Waals surface area contributed by atoms with Crippen molar-refractivity contribution in [3.63, 3.8) is 0 Å². The van der Waals surface area contributed by atoms with Gasteiger partial charge in [0.25, 0.3) is 0 Å². The van der Waals surface area contributed by atoms with Gasteiger partial charge in [0, 0.05) is 27.7 Å². The summed E-state index contributed by atoms with van der Waals surface area (Å²) in [6.45, 7) is 0. The number of hydrogen-bond donors (Lipinski definition) is 1. The lowest BCUT2D eigenvalue weighted by Crippen LogP contribution is -2.18. The highest BCUT2D eigenvalue weighted by molar-refractivity contribution is 7.09. The Bertz CT molecular complexity index is 559. The van der Waals surface area contributed by atoms with Crippen molar-refractivity contribution >= 4 is 15.4 Å². The molecule has 0 bridgehead atoms. The highest BCUT2D eigenvalue weighted by Gasteiger charge is 2.48. The van der Waals surface area contributed by atoms with E-state index in [-0.39, 0.29) is 30.0 Å². The van der Waals surface area contributed by atoms with Gasteiger partial charge in [0.1, 0.15) is 6.10 Å². The van der Waals surface area contributed by atoms with Crippen molar-refractivity contribution in [1.82, 2.24) is 0 Å². The number of carbonyl (C=O) groups excluding carboxylic acids is 1. The van der Waals surface area contributed by atoms with E-state index in [4.69, 9.17) is 9.26 Å². The Morgan fingerprint density at radius 1 is 1.39 bits per heavy atom. The molecule has 0 radical (unpaired) electrons. The van der Waals surface area contributed by atoms with E-state index in [1.54, 1.807) is 0 Å². The van der Waals surface area contributed by atoms with E-state index >= 15 is 0 Å². The van der Waals surface area contributed by atoms with Gasteiger partial charge in [-0.2, -0.15) is 0 Å². The lowest BCUT2D eigenvalue weighted by molar-refractivity contribution is -0.141. The van der Waals surface area contributed by atoms with Gasteiger partial charge in [-0.3, -0.25) is 4.79 Å². The molecule has 4 nitrogen and oxygen atoms in total. The average Bonchev–Trinajstić information content (AvgIpc) is 3.04. The van der Waals surface area contributed by atoms with Gasteiger partial charge in [-0.15, -0.1) is 0 Å². The molecular formula is C18H23O4P. The highest BCUT2D eigenvalue weighted by Crippen LogP contribution is 2.42. The number of aryl methyl sites for hydroxylation is 1. The lowest BCUT2D eigenvalue weighted by Gasteiger charge is -2.16. The first-order chi connectivity index (χ1) is 11.2. The molecule has 2 fully saturated rings. The van der Waals surface area contributed by atoms with Gasteiger partial charge in [-0.1, -0.05) is 42.5 Å². The first-order valence-electron chi connectivity index (χ1n) is 8.12. The Morgan fingerprint density at radius 2 is 2.17 bits per heavy atom. The molecule has 5 heteroatoms. The summed E-state index contributed by atoms with van der Waals surface area (Å²) in [7, 11) is 2.32. The fraction of sp³-hybridized carbons (Fsp3) is 0.500. The fourth-order valence-corrected chi connectivity index (χ4v) is 3.83. The zero-order chi connectivity index (χ0) is 16.2. The monoisotopic (exact) mass is 334 g/mol. The Kier molecular flexibility index (Phi) is 5.47. The minimum absolute atomic E-state index is 0.0224. The molecule has 1 heterocycles. The van der Waals surface area contributed by atoms with E-state index in [2.05, 4.69) is 21.6 Å². The second-order valence-corrected chi connectivity index (χ2v) is 6.63. The van der Waals surface area contributed by atoms with Gasteiger partial charge in [0.2, 0.25) is 0 Å². The molecule has 1 saturated heterocycles. The molecule has 1 aromatic rings. The molecule has 23 heavy (non-hydrogen) atoms. The van der Waals surface area contributed by atoms with Crippen molar-refractivity contribution in [2.24, 2.45) is 11.8 Å². The average molecular weight is 334 g/mol. The number of benzene rings is 1. The van der Waals surface area contributed by atoms with E-state index in [9.17, 15) is 9.90 Å². The number of esters is 1. The zero-order valence-electron chi connectivity index (χ0n) is 13.0. The lowest BCUT2D eigenvalue weighted by atomic mass is 9.91. The van der Waals surface area contributed by atoms with Crippen molar-refractivity contribution in [3.05, 3.63) is 48.0 Å². The number of carbonyl (C=O) groups is 1. The summed E-state index contributed by atoms with van der Waals surface area (Å²) in [6, 6.07) is 10.3. The first-order valence-corrected chi connectivity index (χ1v) is 8.60. The van der Waals surface area contributed by atoms with Crippen LogP contribution in [-0.4, -0.2) is 29.4 Å². The van der Waals surface area contributed by atoms with Crippen LogP contribution in [0.3, 0.4) is 0 Å². The molecule has 0 amide bonds. The summed E-state index contributed by atoms with van der Waals surface area (Å²) >= 11 is 0. The van der Waals surface area contributed by atoms with Crippen LogP contribution in [0.4, 0.5) is 0 Å². The maximum absolute atomic E-state index is 11.4. The number of aliphatic hydroxyl groups excluding tert-OH is 1. The van der Waals surface area contributed by atoms with Crippen molar-refractivity contribution < 1.29 is 19.2 Å². The fourth-order valence-electron chi connectivity index (χ4n) is 3.60. The Morgan fingerprint density at radius 3 is 2.91 bits per heavy atom. The van der Waals surface area contributed by atoms with Crippen molar-refractivity contribution in [2.45, 2.75) is 44.0 Å². The summed E-state index contributed by atoms with van der Waals surface area (Å²) in [5, 5.41) is 10.2. The SMILES string of the molecule is O=C1C[C@@H]2[C@@H](/C=C/[C@@H](CCc3ccccc3)OP)[C@H](O)C[C@@H]2O1. The van der Waals surface area contributed by atoms with Crippen LogP contribution in [-0.2, 0) is 20.5 Å². The largest absolute Gasteiger partial charge is 0.462 e. The molecule has 1 saturated carbocycles. The van der Waals surface area contributed by atoms with Crippen LogP contribution in [0.25, 0.3) is 0 Å². The molecule has 1 unspecified atom stereocenters. The van der Waals surface area contributed by atoms with Crippen LogP contribution in [0.1, 0.15) is 24.8 Å². The molecule has 3 rings (SSSR count). The normalized spacial score (nSPS) is 31.3. The van der Waals surface area contributed by atoms with E-state index < -0.39 is 6.10 Å². The third-order valence-electron chi connectivity index (χ3n) is 4.86. The standard InChI is InChI=1S/C18H23O4P/c19-16-11-17-15(10-18(20)21-17)14(16)9-8-13(22-23)7-6-12-4-2-1-3-5-12/h1-5,8-9,13-17,19H,6-7,10-11,23H2/b9-8+/t13-,14-,15-,16-,17+/m1/s1. The van der Waals surface area contributed by atoms with Crippen molar-refractivity contribution in [3.8, 4) is 0 Å². The number of ether oxygens (including phenoxy) is 1. The maximum Gasteiger partial charge on any atom is 0.306 e. The topological polar surface area (TPSA) is 55.8 Å². The quantitative estimate of drug-likeness (QED) is 0.494. The van der Waals surface area contributed by atoms with Gasteiger partial charge < -0.3 is 14.4 Å². The van der Waals surface area contributed by atoms with Crippen LogP contribution in [0.15, 0.2) is 42.5 Å². The van der Waals surface area contributed by atoms with Gasteiger partial charge in [0.15, 0.2) is 0 Å². The molecule has 1 aromatic carbocycles. The summed E-state index contributed by atoms with van der Waals surface area (Å²) in [6.07, 6.45) is 6.20. The van der Waals surface area contributed by atoms with Crippen molar-refractivity contribution in [1.29, 1.82) is 0 Å². The van der Waals surface area contributed by atoms with E-state index in [1.807, 2.05) is 30.4 Å². The second-order valence-electron chi connectivity index (χ2n) is 6.36. The van der Waals surface area contributed by atoms with Crippen LogP contribution in [0.2, 0.25) is 0 Å². The predicted molar refractivity (Wildman–Crippen MR) is 90.6 cm³/mol. The minimum Gasteiger partial charge on any atom is -0.462 e.